The Morgan fingerprint density at radius 1 is 1.11 bits per heavy atom. The van der Waals surface area contributed by atoms with Crippen LogP contribution in [-0.2, 0) is 0 Å². The largest absolute Gasteiger partial charge is 0.497 e. The third-order valence-corrected chi connectivity index (χ3v) is 2.98. The van der Waals surface area contributed by atoms with Crippen LogP contribution in [0.3, 0.4) is 0 Å². The summed E-state index contributed by atoms with van der Waals surface area (Å²) >= 11 is 0. The third-order valence-electron chi connectivity index (χ3n) is 2.98. The fraction of sp³-hybridized carbons (Fsp3) is 0.133. The van der Waals surface area contributed by atoms with Crippen molar-refractivity contribution in [1.29, 1.82) is 0 Å². The summed E-state index contributed by atoms with van der Waals surface area (Å²) in [5, 5.41) is 0. The molecule has 3 rings (SSSR count). The van der Waals surface area contributed by atoms with Crippen LogP contribution < -0.4 is 4.74 Å². The molecular weight excluding hydrogens is 224 g/mol. The predicted molar refractivity (Wildman–Crippen MR) is 72.8 cm³/mol. The van der Waals surface area contributed by atoms with Gasteiger partial charge in [0.25, 0.3) is 0 Å². The summed E-state index contributed by atoms with van der Waals surface area (Å²) < 4.78 is 5.21. The van der Waals surface area contributed by atoms with Crippen molar-refractivity contribution in [2.24, 2.45) is 0 Å². The van der Waals surface area contributed by atoms with E-state index in [4.69, 9.17) is 4.74 Å². The molecule has 0 saturated carbocycles. The minimum atomic E-state index is 0.835. The molecule has 0 saturated heterocycles. The Labute approximate surface area is 105 Å². The second kappa shape index (κ2) is 4.18. The Kier molecular flexibility index (Phi) is 2.52. The predicted octanol–water partition coefficient (Wildman–Crippen LogP) is 3.55. The minimum Gasteiger partial charge on any atom is -0.497 e. The monoisotopic (exact) mass is 238 g/mol. The van der Waals surface area contributed by atoms with Crippen molar-refractivity contribution in [2.75, 3.05) is 7.11 Å². The van der Waals surface area contributed by atoms with E-state index >= 15 is 0 Å². The van der Waals surface area contributed by atoms with Gasteiger partial charge in [-0.1, -0.05) is 23.8 Å². The van der Waals surface area contributed by atoms with Crippen LogP contribution >= 0.6 is 0 Å². The number of fused-ring (bicyclic) bond motifs is 1. The minimum absolute atomic E-state index is 0.835. The van der Waals surface area contributed by atoms with Crippen molar-refractivity contribution < 1.29 is 4.74 Å². The molecule has 0 unspecified atom stereocenters. The number of methoxy groups -OCH3 is 1. The summed E-state index contributed by atoms with van der Waals surface area (Å²) in [5.41, 5.74) is 4.27. The van der Waals surface area contributed by atoms with Crippen molar-refractivity contribution in [3.05, 3.63) is 48.0 Å². The molecule has 0 radical (unpaired) electrons. The van der Waals surface area contributed by atoms with E-state index in [0.717, 1.165) is 28.2 Å². The molecule has 18 heavy (non-hydrogen) atoms. The van der Waals surface area contributed by atoms with E-state index in [0.29, 0.717) is 0 Å². The van der Waals surface area contributed by atoms with Crippen molar-refractivity contribution in [3.63, 3.8) is 0 Å². The third kappa shape index (κ3) is 1.84. The van der Waals surface area contributed by atoms with Gasteiger partial charge in [-0.2, -0.15) is 0 Å². The van der Waals surface area contributed by atoms with E-state index < -0.39 is 0 Å². The zero-order valence-electron chi connectivity index (χ0n) is 10.4. The molecule has 0 aliphatic heterocycles. The van der Waals surface area contributed by atoms with Crippen LogP contribution in [0.4, 0.5) is 0 Å². The van der Waals surface area contributed by atoms with Crippen LogP contribution in [0.5, 0.6) is 5.75 Å². The highest BCUT2D eigenvalue weighted by molar-refractivity contribution is 5.80. The first-order valence-electron chi connectivity index (χ1n) is 5.87. The Balaban J connectivity index is 2.13. The first kappa shape index (κ1) is 10.8. The van der Waals surface area contributed by atoms with Crippen molar-refractivity contribution in [1.82, 2.24) is 9.97 Å². The molecule has 0 aliphatic carbocycles. The normalized spacial score (nSPS) is 10.8. The maximum Gasteiger partial charge on any atom is 0.138 e. The van der Waals surface area contributed by atoms with E-state index in [1.54, 1.807) is 7.11 Å². The number of imidazole rings is 1. The number of aromatic nitrogens is 2. The van der Waals surface area contributed by atoms with Gasteiger partial charge in [0.05, 0.1) is 18.1 Å². The first-order valence-corrected chi connectivity index (χ1v) is 5.87. The smallest absolute Gasteiger partial charge is 0.138 e. The number of rotatable bonds is 2. The molecule has 0 fully saturated rings. The van der Waals surface area contributed by atoms with Crippen molar-refractivity contribution >= 4 is 11.0 Å². The Bertz CT molecular complexity index is 701. The van der Waals surface area contributed by atoms with Gasteiger partial charge < -0.3 is 9.72 Å². The molecule has 3 nitrogen and oxygen atoms in total. The maximum absolute atomic E-state index is 5.21. The number of benzene rings is 2. The van der Waals surface area contributed by atoms with Crippen LogP contribution in [-0.4, -0.2) is 17.1 Å². The number of H-pyrrole nitrogens is 1. The van der Waals surface area contributed by atoms with Gasteiger partial charge in [0, 0.05) is 11.6 Å². The number of ether oxygens (including phenoxy) is 1. The molecule has 90 valence electrons. The number of hydrogen-bond acceptors (Lipinski definition) is 2. The maximum atomic E-state index is 5.21. The average molecular weight is 238 g/mol. The van der Waals surface area contributed by atoms with Crippen molar-refractivity contribution in [2.45, 2.75) is 6.92 Å². The van der Waals surface area contributed by atoms with Crippen LogP contribution in [0.2, 0.25) is 0 Å². The number of nitrogens with zero attached hydrogens (tertiary/aromatic N) is 1. The van der Waals surface area contributed by atoms with E-state index in [-0.39, 0.29) is 0 Å². The molecule has 3 heteroatoms. The summed E-state index contributed by atoms with van der Waals surface area (Å²) in [6.07, 6.45) is 0. The van der Waals surface area contributed by atoms with Gasteiger partial charge >= 0.3 is 0 Å². The molecule has 0 aliphatic rings. The van der Waals surface area contributed by atoms with Gasteiger partial charge in [-0.3, -0.25) is 0 Å². The lowest BCUT2D eigenvalue weighted by molar-refractivity contribution is 0.415. The number of hydrogen-bond donors (Lipinski definition) is 1. The Morgan fingerprint density at radius 3 is 2.78 bits per heavy atom. The summed E-state index contributed by atoms with van der Waals surface area (Å²) in [5.74, 6) is 1.73. The Morgan fingerprint density at radius 2 is 2.00 bits per heavy atom. The number of aryl methyl sites for hydroxylation is 1. The quantitative estimate of drug-likeness (QED) is 0.741. The van der Waals surface area contributed by atoms with Crippen LogP contribution in [0, 0.1) is 6.92 Å². The fourth-order valence-corrected chi connectivity index (χ4v) is 2.04. The van der Waals surface area contributed by atoms with Crippen LogP contribution in [0.15, 0.2) is 42.5 Å². The molecule has 3 aromatic rings. The van der Waals surface area contributed by atoms with E-state index in [2.05, 4.69) is 35.1 Å². The second-order valence-electron chi connectivity index (χ2n) is 4.34. The highest BCUT2D eigenvalue weighted by atomic mass is 16.5. The molecule has 0 amide bonds. The zero-order valence-corrected chi connectivity index (χ0v) is 10.4. The van der Waals surface area contributed by atoms with Crippen LogP contribution in [0.1, 0.15) is 5.56 Å². The molecule has 1 heterocycles. The molecule has 1 aromatic heterocycles. The lowest BCUT2D eigenvalue weighted by Gasteiger charge is -1.97. The molecule has 2 aromatic carbocycles. The average Bonchev–Trinajstić information content (AvgIpc) is 2.81. The van der Waals surface area contributed by atoms with E-state index in [1.807, 2.05) is 24.3 Å². The zero-order chi connectivity index (χ0) is 12.5. The molecule has 1 N–H and O–H groups in total. The first-order chi connectivity index (χ1) is 8.76. The SMILES string of the molecule is COc1ccc2nc(-c3cccc(C)c3)[nH]c2c1. The topological polar surface area (TPSA) is 37.9 Å². The summed E-state index contributed by atoms with van der Waals surface area (Å²) in [7, 11) is 1.67. The van der Waals surface area contributed by atoms with Gasteiger partial charge in [0.1, 0.15) is 11.6 Å². The number of nitrogens with one attached hydrogen (secondary N) is 1. The number of aromatic amines is 1. The lowest BCUT2D eigenvalue weighted by atomic mass is 10.1. The highest BCUT2D eigenvalue weighted by Gasteiger charge is 2.06. The Hall–Kier alpha value is -2.29. The fourth-order valence-electron chi connectivity index (χ4n) is 2.04. The standard InChI is InChI=1S/C15H14N2O/c1-10-4-3-5-11(8-10)15-16-13-7-6-12(18-2)9-14(13)17-15/h3-9H,1-2H3,(H,16,17). The van der Waals surface area contributed by atoms with E-state index in [9.17, 15) is 0 Å². The summed E-state index contributed by atoms with van der Waals surface area (Å²) in [4.78, 5) is 7.91. The second-order valence-corrected chi connectivity index (χ2v) is 4.34. The van der Waals surface area contributed by atoms with Crippen LogP contribution in [0.25, 0.3) is 22.4 Å². The van der Waals surface area contributed by atoms with Gasteiger partial charge in [0.2, 0.25) is 0 Å². The van der Waals surface area contributed by atoms with Gasteiger partial charge in [-0.15, -0.1) is 0 Å². The molecule has 0 bridgehead atoms. The van der Waals surface area contributed by atoms with Gasteiger partial charge in [0.15, 0.2) is 0 Å². The summed E-state index contributed by atoms with van der Waals surface area (Å²) in [6.45, 7) is 2.08. The summed E-state index contributed by atoms with van der Waals surface area (Å²) in [6, 6.07) is 14.1. The van der Waals surface area contributed by atoms with E-state index in [1.165, 1.54) is 5.56 Å². The molecular formula is C15H14N2O. The molecule has 0 atom stereocenters. The highest BCUT2D eigenvalue weighted by Crippen LogP contribution is 2.24. The van der Waals surface area contributed by atoms with Gasteiger partial charge in [-0.05, 0) is 25.1 Å². The lowest BCUT2D eigenvalue weighted by Crippen LogP contribution is -1.81. The molecule has 0 spiro atoms. The van der Waals surface area contributed by atoms with Crippen molar-refractivity contribution in [3.8, 4) is 17.1 Å². The van der Waals surface area contributed by atoms with Gasteiger partial charge in [-0.25, -0.2) is 4.98 Å².